The fraction of sp³-hybridized carbons (Fsp3) is 0.667. The molecule has 2 atom stereocenters. The Labute approximate surface area is 182 Å². The summed E-state index contributed by atoms with van der Waals surface area (Å²) in [6, 6.07) is 2.06. The van der Waals surface area contributed by atoms with Crippen molar-refractivity contribution in [2.45, 2.75) is 82.9 Å². The third kappa shape index (κ3) is 5.05. The first-order valence-electron chi connectivity index (χ1n) is 10.9. The van der Waals surface area contributed by atoms with Gasteiger partial charge in [0.05, 0.1) is 17.4 Å². The fourth-order valence-corrected chi connectivity index (χ4v) is 3.86. The van der Waals surface area contributed by atoms with Crippen LogP contribution in [0.5, 0.6) is 0 Å². The standard InChI is InChI=1S/C21H32N8O2/c1-20(2,3)29-17(24-16-12-23-27-18(22-5)25-16)11-15(28-29)13-6-7-14(10-13)31-19(30)26-21(4)8-9-21/h11-14H,6-10H2,1-5H3,(H,26,30)(H2,22,24,25,27)/t13-,14+/m0/s1. The number of alkyl carbamates (subject to hydrolysis) is 1. The van der Waals surface area contributed by atoms with Gasteiger partial charge in [0.2, 0.25) is 5.95 Å². The molecule has 4 rings (SSSR count). The molecule has 2 aliphatic rings. The first-order valence-corrected chi connectivity index (χ1v) is 10.9. The largest absolute Gasteiger partial charge is 0.446 e. The molecule has 2 saturated carbocycles. The van der Waals surface area contributed by atoms with Gasteiger partial charge < -0.3 is 20.7 Å². The van der Waals surface area contributed by atoms with Crippen LogP contribution in [0.15, 0.2) is 12.3 Å². The first kappa shape index (κ1) is 21.3. The average molecular weight is 429 g/mol. The molecule has 10 nitrogen and oxygen atoms in total. The van der Waals surface area contributed by atoms with Crippen LogP contribution in [0.1, 0.15) is 71.4 Å². The zero-order valence-corrected chi connectivity index (χ0v) is 18.9. The van der Waals surface area contributed by atoms with Gasteiger partial charge in [-0.1, -0.05) is 0 Å². The highest BCUT2D eigenvalue weighted by Gasteiger charge is 2.40. The van der Waals surface area contributed by atoms with Gasteiger partial charge in [-0.3, -0.25) is 0 Å². The number of hydrogen-bond acceptors (Lipinski definition) is 8. The summed E-state index contributed by atoms with van der Waals surface area (Å²) < 4.78 is 7.64. The van der Waals surface area contributed by atoms with Gasteiger partial charge in [0, 0.05) is 24.6 Å². The van der Waals surface area contributed by atoms with Crippen molar-refractivity contribution in [3.63, 3.8) is 0 Å². The number of nitrogens with one attached hydrogen (secondary N) is 3. The predicted molar refractivity (Wildman–Crippen MR) is 118 cm³/mol. The lowest BCUT2D eigenvalue weighted by molar-refractivity contribution is 0.0967. The van der Waals surface area contributed by atoms with E-state index in [-0.39, 0.29) is 29.2 Å². The lowest BCUT2D eigenvalue weighted by atomic mass is 10.0. The van der Waals surface area contributed by atoms with Gasteiger partial charge in [-0.25, -0.2) is 9.48 Å². The van der Waals surface area contributed by atoms with Gasteiger partial charge in [-0.15, -0.1) is 5.10 Å². The van der Waals surface area contributed by atoms with Crippen LogP contribution in [0.25, 0.3) is 0 Å². The van der Waals surface area contributed by atoms with E-state index in [4.69, 9.17) is 9.84 Å². The number of anilines is 3. The van der Waals surface area contributed by atoms with Crippen molar-refractivity contribution in [3.05, 3.63) is 18.0 Å². The van der Waals surface area contributed by atoms with Crippen LogP contribution >= 0.6 is 0 Å². The summed E-state index contributed by atoms with van der Waals surface area (Å²) in [5.41, 5.74) is 0.708. The zero-order chi connectivity index (χ0) is 22.2. The molecule has 0 radical (unpaired) electrons. The molecule has 0 saturated heterocycles. The molecule has 0 bridgehead atoms. The molecule has 2 aromatic rings. The monoisotopic (exact) mass is 428 g/mol. The Kier molecular flexibility index (Phi) is 5.49. The Morgan fingerprint density at radius 1 is 1.29 bits per heavy atom. The van der Waals surface area contributed by atoms with E-state index in [1.54, 1.807) is 13.2 Å². The van der Waals surface area contributed by atoms with Crippen LogP contribution in [0.2, 0.25) is 0 Å². The summed E-state index contributed by atoms with van der Waals surface area (Å²) in [6.45, 7) is 8.37. The minimum atomic E-state index is -0.301. The molecule has 10 heteroatoms. The molecule has 2 aromatic heterocycles. The van der Waals surface area contributed by atoms with E-state index in [2.05, 4.69) is 58.0 Å². The summed E-state index contributed by atoms with van der Waals surface area (Å²) in [4.78, 5) is 16.6. The van der Waals surface area contributed by atoms with E-state index in [1.165, 1.54) is 0 Å². The van der Waals surface area contributed by atoms with E-state index < -0.39 is 0 Å². The number of carbonyl (C=O) groups is 1. The molecule has 31 heavy (non-hydrogen) atoms. The maximum Gasteiger partial charge on any atom is 0.407 e. The van der Waals surface area contributed by atoms with Crippen molar-refractivity contribution in [1.29, 1.82) is 0 Å². The van der Waals surface area contributed by atoms with E-state index in [0.29, 0.717) is 11.8 Å². The van der Waals surface area contributed by atoms with Crippen LogP contribution in [0.3, 0.4) is 0 Å². The second kappa shape index (κ2) is 7.97. The molecule has 2 fully saturated rings. The maximum absolute atomic E-state index is 12.2. The molecule has 2 aliphatic carbocycles. The van der Waals surface area contributed by atoms with Gasteiger partial charge in [-0.05, 0) is 59.8 Å². The highest BCUT2D eigenvalue weighted by Crippen LogP contribution is 2.38. The summed E-state index contributed by atoms with van der Waals surface area (Å²) in [5.74, 6) is 2.12. The van der Waals surface area contributed by atoms with Crippen molar-refractivity contribution >= 4 is 23.7 Å². The van der Waals surface area contributed by atoms with Crippen molar-refractivity contribution in [1.82, 2.24) is 30.3 Å². The minimum Gasteiger partial charge on any atom is -0.446 e. The summed E-state index contributed by atoms with van der Waals surface area (Å²) in [5, 5.41) is 22.0. The Morgan fingerprint density at radius 2 is 2.06 bits per heavy atom. The number of rotatable bonds is 6. The van der Waals surface area contributed by atoms with Crippen LogP contribution in [-0.2, 0) is 10.3 Å². The molecule has 1 amide bonds. The smallest absolute Gasteiger partial charge is 0.407 e. The van der Waals surface area contributed by atoms with Crippen molar-refractivity contribution in [3.8, 4) is 0 Å². The van der Waals surface area contributed by atoms with Crippen LogP contribution < -0.4 is 16.0 Å². The lowest BCUT2D eigenvalue weighted by Gasteiger charge is -2.22. The number of hydrogen-bond donors (Lipinski definition) is 3. The number of aromatic nitrogens is 5. The SMILES string of the molecule is CNc1nncc(Nc2cc([C@H]3CC[C@@H](OC(=O)NC4(C)CC4)C3)nn2C(C)(C)C)n1. The number of carbonyl (C=O) groups excluding carboxylic acids is 1. The van der Waals surface area contributed by atoms with Crippen molar-refractivity contribution in [2.75, 3.05) is 17.7 Å². The highest BCUT2D eigenvalue weighted by molar-refractivity contribution is 5.69. The van der Waals surface area contributed by atoms with E-state index in [0.717, 1.165) is 43.6 Å². The zero-order valence-electron chi connectivity index (χ0n) is 18.9. The van der Waals surface area contributed by atoms with Gasteiger partial charge in [0.25, 0.3) is 0 Å². The topological polar surface area (TPSA) is 119 Å². The summed E-state index contributed by atoms with van der Waals surface area (Å²) in [7, 11) is 1.75. The molecule has 2 heterocycles. The molecule has 3 N–H and O–H groups in total. The van der Waals surface area contributed by atoms with Gasteiger partial charge in [-0.2, -0.15) is 15.2 Å². The Morgan fingerprint density at radius 3 is 2.74 bits per heavy atom. The van der Waals surface area contributed by atoms with E-state index >= 15 is 0 Å². The number of nitrogens with zero attached hydrogens (tertiary/aromatic N) is 5. The minimum absolute atomic E-state index is 0.0653. The maximum atomic E-state index is 12.2. The summed E-state index contributed by atoms with van der Waals surface area (Å²) in [6.07, 6.45) is 5.82. The fourth-order valence-electron chi connectivity index (χ4n) is 3.86. The highest BCUT2D eigenvalue weighted by atomic mass is 16.6. The lowest BCUT2D eigenvalue weighted by Crippen LogP contribution is -2.36. The quantitative estimate of drug-likeness (QED) is 0.639. The number of ether oxygens (including phenoxy) is 1. The second-order valence-corrected chi connectivity index (χ2v) is 9.80. The average Bonchev–Trinajstić information content (AvgIpc) is 3.07. The molecule has 0 aromatic carbocycles. The predicted octanol–water partition coefficient (Wildman–Crippen LogP) is 3.52. The van der Waals surface area contributed by atoms with Crippen LogP contribution in [0.4, 0.5) is 22.4 Å². The molecule has 0 unspecified atom stereocenters. The van der Waals surface area contributed by atoms with Gasteiger partial charge >= 0.3 is 6.09 Å². The molecular formula is C21H32N8O2. The Hall–Kier alpha value is -2.91. The third-order valence-electron chi connectivity index (χ3n) is 5.88. The van der Waals surface area contributed by atoms with Crippen molar-refractivity contribution < 1.29 is 9.53 Å². The molecule has 0 spiro atoms. The van der Waals surface area contributed by atoms with Gasteiger partial charge in [0.15, 0.2) is 5.82 Å². The van der Waals surface area contributed by atoms with Gasteiger partial charge in [0.1, 0.15) is 11.9 Å². The first-order chi connectivity index (χ1) is 14.6. The second-order valence-electron chi connectivity index (χ2n) is 9.80. The molecule has 168 valence electrons. The Bertz CT molecular complexity index is 947. The Balaban J connectivity index is 1.46. The van der Waals surface area contributed by atoms with Crippen molar-refractivity contribution in [2.24, 2.45) is 0 Å². The number of amides is 1. The third-order valence-corrected chi connectivity index (χ3v) is 5.88. The summed E-state index contributed by atoms with van der Waals surface area (Å²) >= 11 is 0. The molecular weight excluding hydrogens is 396 g/mol. The normalized spacial score (nSPS) is 22.1. The van der Waals surface area contributed by atoms with Crippen LogP contribution in [0, 0.1) is 0 Å². The van der Waals surface area contributed by atoms with Crippen LogP contribution in [-0.4, -0.2) is 49.7 Å². The van der Waals surface area contributed by atoms with E-state index in [1.807, 2.05) is 11.6 Å². The van der Waals surface area contributed by atoms with E-state index in [9.17, 15) is 4.79 Å². The molecule has 0 aliphatic heterocycles.